The van der Waals surface area contributed by atoms with E-state index in [9.17, 15) is 72.9 Å². The number of non-ortho nitro benzene ring substituents is 1. The standard InChI is InChI=1S/C56H54N2O19S.C41H30N2O12S.4CH4/c1-3-47(59)71-31-44(73-48(60)4-2)30-69-40-21-23-42(24-22-40)75-54(63)36-7-11-38(12-8-36)56(65)77-46-26-25-45(49-50(46)78-51(57-49)33-13-17-39(18-14-33)58(66)67)76-55(64)37-9-5-35(6-10-37)53(62)74-41-19-15-34(16-20-41)52(61)72-32-68-28-27-43-29-70-43;1-4-34(44)50-23-31(53-36(46)6-3)22-49-29-15-11-27(12-16-29)40(47)54-32-19-20-33(38-37(32)43-39(56-38)26-9-7-25(21-42)8-10-26)55-41(48)28-13-17-30(18-14-28)51-24-52-35(45)5-2;;;;/h3-4,13-26,35-38,43-44H,1-2,5-12,27-32H2;4-20,31H,1-3,22-24H2;4*1H4. The lowest BCUT2D eigenvalue weighted by Gasteiger charge is -2.26. The van der Waals surface area contributed by atoms with Crippen molar-refractivity contribution >= 4 is 120 Å². The van der Waals surface area contributed by atoms with Crippen molar-refractivity contribution < 1.29 is 143 Å². The van der Waals surface area contributed by atoms with E-state index >= 15 is 0 Å². The molecule has 138 heavy (non-hydrogen) atoms. The molecule has 0 radical (unpaired) electrons. The molecule has 3 heterocycles. The summed E-state index contributed by atoms with van der Waals surface area (Å²) in [5, 5.41) is 21.5. The number of thiazole rings is 2. The maximum atomic E-state index is 13.8. The number of nitro benzene ring substituents is 1. The third-order valence-electron chi connectivity index (χ3n) is 20.5. The van der Waals surface area contributed by atoms with Crippen LogP contribution >= 0.6 is 22.7 Å². The number of rotatable bonds is 41. The van der Waals surface area contributed by atoms with Crippen LogP contribution in [0.1, 0.15) is 124 Å². The third-order valence-corrected chi connectivity index (χ3v) is 22.7. The molecule has 8 aromatic carbocycles. The number of aromatic nitrogens is 2. The van der Waals surface area contributed by atoms with Crippen LogP contribution in [0.5, 0.6) is 51.7 Å². The molecule has 2 saturated carbocycles. The van der Waals surface area contributed by atoms with E-state index in [0.717, 1.165) is 54.7 Å². The van der Waals surface area contributed by atoms with Crippen LogP contribution in [0.25, 0.3) is 41.6 Å². The number of benzene rings is 8. The zero-order chi connectivity index (χ0) is 95.2. The number of epoxide rings is 1. The van der Waals surface area contributed by atoms with E-state index in [1.165, 1.54) is 133 Å². The Balaban J connectivity index is 0.000000346. The Labute approximate surface area is 801 Å². The highest BCUT2D eigenvalue weighted by molar-refractivity contribution is 7.22. The van der Waals surface area contributed by atoms with Gasteiger partial charge in [0.1, 0.15) is 85.6 Å². The molecule has 1 saturated heterocycles. The molecule has 0 N–H and O–H groups in total. The van der Waals surface area contributed by atoms with Crippen LogP contribution in [0.4, 0.5) is 5.69 Å². The molecule has 37 heteroatoms. The fraction of sp³-hybridized carbons (Fsp3) is 0.277. The molecule has 13 rings (SSSR count). The van der Waals surface area contributed by atoms with Crippen LogP contribution in [-0.2, 0) is 81.0 Å². The second kappa shape index (κ2) is 52.7. The van der Waals surface area contributed by atoms with E-state index in [1.54, 1.807) is 48.5 Å². The van der Waals surface area contributed by atoms with Gasteiger partial charge < -0.3 is 80.5 Å². The summed E-state index contributed by atoms with van der Waals surface area (Å²) in [5.41, 5.74) is 2.62. The molecule has 35 nitrogen and oxygen atoms in total. The number of nitrogens with zero attached hydrogens (tertiary/aromatic N) is 4. The molecule has 3 fully saturated rings. The van der Waals surface area contributed by atoms with E-state index in [-0.39, 0.29) is 144 Å². The van der Waals surface area contributed by atoms with Gasteiger partial charge in [-0.05, 0) is 203 Å². The molecular formula is C101H100N4O31S2. The van der Waals surface area contributed by atoms with Crippen LogP contribution in [-0.4, -0.2) is 158 Å². The number of carbonyl (C=O) groups excluding carboxylic acids is 12. The van der Waals surface area contributed by atoms with Gasteiger partial charge in [-0.1, -0.05) is 74.7 Å². The van der Waals surface area contributed by atoms with Gasteiger partial charge in [-0.2, -0.15) is 5.26 Å². The fourth-order valence-electron chi connectivity index (χ4n) is 13.2. The number of hydrogen-bond acceptors (Lipinski definition) is 36. The second-order valence-electron chi connectivity index (χ2n) is 29.6. The molecule has 0 bridgehead atoms. The monoisotopic (exact) mass is 1930 g/mol. The minimum Gasteiger partial charge on any atom is -0.490 e. The minimum atomic E-state index is -0.951. The molecule has 3 unspecified atom stereocenters. The highest BCUT2D eigenvalue weighted by Crippen LogP contribution is 2.45. The lowest BCUT2D eigenvalue weighted by molar-refractivity contribution is -0.384. The van der Waals surface area contributed by atoms with Gasteiger partial charge in [0.2, 0.25) is 6.79 Å². The SMILES string of the molecule is C.C.C.C.C=CC(=O)OCC(COc1ccc(OC(=O)C2CCC(C(=O)Oc3ccc(OC(=O)C4CCC(C(=O)Oc5ccc(C(=O)OCOCCC6CO6)cc5)CC4)c4nc(-c5ccc([N+](=O)[O-])cc5)sc34)CC2)cc1)OC(=O)C=C.C=CC(=O)OCOc1ccc(C(=O)Oc2ccc(OC(=O)c3ccc(OCC(COC(=O)C=C)OC(=O)C=C)cc3)c3nc(-c4ccc(C#N)cc4)sc23)cc1. The molecule has 722 valence electrons. The normalized spacial score (nSPS) is 15.1. The van der Waals surface area contributed by atoms with E-state index in [0.29, 0.717) is 111 Å². The zero-order valence-corrected chi connectivity index (χ0v) is 73.0. The highest BCUT2D eigenvalue weighted by Gasteiger charge is 2.36. The Kier molecular flexibility index (Phi) is 41.0. The van der Waals surface area contributed by atoms with Gasteiger partial charge in [0.05, 0.1) is 76.2 Å². The average Bonchev–Trinajstić information content (AvgIpc) is 1.63. The first-order valence-corrected chi connectivity index (χ1v) is 43.1. The Morgan fingerprint density at radius 1 is 0.413 bits per heavy atom. The summed E-state index contributed by atoms with van der Waals surface area (Å²) in [7, 11) is 0. The van der Waals surface area contributed by atoms with Crippen molar-refractivity contribution in [2.24, 2.45) is 23.7 Å². The van der Waals surface area contributed by atoms with Gasteiger partial charge in [-0.25, -0.2) is 48.3 Å². The average molecular weight is 1930 g/mol. The highest BCUT2D eigenvalue weighted by atomic mass is 32.1. The molecule has 0 amide bonds. The first-order chi connectivity index (χ1) is 64.8. The van der Waals surface area contributed by atoms with Gasteiger partial charge in [-0.15, -0.1) is 22.7 Å². The van der Waals surface area contributed by atoms with Crippen LogP contribution < -0.4 is 42.6 Å². The summed E-state index contributed by atoms with van der Waals surface area (Å²) in [6.07, 6.45) is 6.69. The van der Waals surface area contributed by atoms with Crippen LogP contribution in [0.15, 0.2) is 233 Å². The predicted octanol–water partition coefficient (Wildman–Crippen LogP) is 17.7. The zero-order valence-electron chi connectivity index (χ0n) is 71.4. The Hall–Kier alpha value is -15.9. The first-order valence-electron chi connectivity index (χ1n) is 41.5. The molecule has 3 atom stereocenters. The quantitative estimate of drug-likeness (QED) is 0.00395. The maximum Gasteiger partial charge on any atom is 0.343 e. The second-order valence-corrected chi connectivity index (χ2v) is 31.6. The number of ether oxygens (including phenoxy) is 17. The van der Waals surface area contributed by atoms with Gasteiger partial charge in [0, 0.05) is 53.6 Å². The topological polar surface area (TPSA) is 458 Å². The van der Waals surface area contributed by atoms with Crippen molar-refractivity contribution in [3.05, 3.63) is 266 Å². The van der Waals surface area contributed by atoms with Gasteiger partial charge in [0.25, 0.3) is 5.69 Å². The molecule has 0 spiro atoms. The molecular weight excluding hydrogens is 1830 g/mol. The van der Waals surface area contributed by atoms with E-state index < -0.39 is 112 Å². The van der Waals surface area contributed by atoms with E-state index in [2.05, 4.69) is 39.0 Å². The predicted molar refractivity (Wildman–Crippen MR) is 503 cm³/mol. The molecule has 2 aliphatic carbocycles. The smallest absolute Gasteiger partial charge is 0.343 e. The lowest BCUT2D eigenvalue weighted by atomic mass is 9.82. The van der Waals surface area contributed by atoms with E-state index in [1.807, 2.05) is 0 Å². The first kappa shape index (κ1) is 107. The van der Waals surface area contributed by atoms with Crippen molar-refractivity contribution in [2.75, 3.05) is 53.2 Å². The molecule has 2 aromatic heterocycles. The van der Waals surface area contributed by atoms with Gasteiger partial charge in [-0.3, -0.25) is 29.3 Å². The summed E-state index contributed by atoms with van der Waals surface area (Å²) < 4.78 is 92.9. The van der Waals surface area contributed by atoms with Crippen LogP contribution in [0.3, 0.4) is 0 Å². The Morgan fingerprint density at radius 2 is 0.761 bits per heavy atom. The number of fused-ring (bicyclic) bond motifs is 2. The molecule has 10 aromatic rings. The third kappa shape index (κ3) is 30.8. The molecule has 1 aliphatic heterocycles. The number of carbonyl (C=O) groups is 12. The Bertz CT molecular complexity index is 6070. The van der Waals surface area contributed by atoms with Crippen molar-refractivity contribution in [1.29, 1.82) is 5.26 Å². The number of nitro groups is 1. The number of nitriles is 1. The maximum absolute atomic E-state index is 13.8. The van der Waals surface area contributed by atoms with Crippen molar-refractivity contribution in [1.82, 2.24) is 9.97 Å². The largest absolute Gasteiger partial charge is 0.490 e. The summed E-state index contributed by atoms with van der Waals surface area (Å²) >= 11 is 2.33. The molecule has 3 aliphatic rings. The number of hydrogen-bond donors (Lipinski definition) is 0. The van der Waals surface area contributed by atoms with Gasteiger partial charge in [0.15, 0.2) is 42.0 Å². The van der Waals surface area contributed by atoms with Gasteiger partial charge >= 0.3 is 71.6 Å². The van der Waals surface area contributed by atoms with Crippen molar-refractivity contribution in [3.63, 3.8) is 0 Å². The summed E-state index contributed by atoms with van der Waals surface area (Å²) in [6, 6.07) is 44.5. The Morgan fingerprint density at radius 3 is 1.17 bits per heavy atom. The van der Waals surface area contributed by atoms with Crippen LogP contribution in [0.2, 0.25) is 0 Å². The number of esters is 12. The van der Waals surface area contributed by atoms with Crippen LogP contribution in [0, 0.1) is 45.1 Å². The lowest BCUT2D eigenvalue weighted by Crippen LogP contribution is -2.30. The van der Waals surface area contributed by atoms with E-state index in [4.69, 9.17) is 90.5 Å². The van der Waals surface area contributed by atoms with Crippen molar-refractivity contribution in [2.45, 2.75) is 106 Å². The summed E-state index contributed by atoms with van der Waals surface area (Å²) in [5.74, 6) is -7.59. The minimum absolute atomic E-state index is 0. The fourth-order valence-corrected chi connectivity index (χ4v) is 15.3. The summed E-state index contributed by atoms with van der Waals surface area (Å²) in [4.78, 5) is 171. The summed E-state index contributed by atoms with van der Waals surface area (Å²) in [6.45, 7) is 16.4. The van der Waals surface area contributed by atoms with Crippen molar-refractivity contribution in [3.8, 4) is 79.0 Å².